The van der Waals surface area contributed by atoms with Crippen molar-refractivity contribution >= 4 is 29.2 Å². The molecule has 0 unspecified atom stereocenters. The third-order valence-corrected chi connectivity index (χ3v) is 2.63. The predicted octanol–water partition coefficient (Wildman–Crippen LogP) is 1.25. The van der Waals surface area contributed by atoms with Gasteiger partial charge in [-0.3, -0.25) is 4.57 Å². The van der Waals surface area contributed by atoms with Gasteiger partial charge >= 0.3 is 0 Å². The predicted molar refractivity (Wildman–Crippen MR) is 63.2 cm³/mol. The van der Waals surface area contributed by atoms with Crippen LogP contribution in [0.15, 0.2) is 12.4 Å². The molecule has 15 heavy (non-hydrogen) atoms. The number of imidazole rings is 1. The molecule has 6 heteroatoms. The van der Waals surface area contributed by atoms with Crippen LogP contribution >= 0.6 is 24.8 Å². The minimum atomic E-state index is -0.0939. The van der Waals surface area contributed by atoms with E-state index in [0.29, 0.717) is 17.5 Å². The molecule has 1 fully saturated rings. The van der Waals surface area contributed by atoms with E-state index in [1.807, 2.05) is 0 Å². The Kier molecular flexibility index (Phi) is 3.74. The molecule has 0 N–H and O–H groups in total. The summed E-state index contributed by atoms with van der Waals surface area (Å²) in [5.74, 6) is 0.897. The second-order valence-corrected chi connectivity index (χ2v) is 4.32. The van der Waals surface area contributed by atoms with Gasteiger partial charge in [-0.2, -0.15) is 0 Å². The van der Waals surface area contributed by atoms with Crippen LogP contribution in [0.1, 0.15) is 12.2 Å². The monoisotopic (exact) mass is 244 g/mol. The van der Waals surface area contributed by atoms with E-state index in [-0.39, 0.29) is 6.29 Å². The fourth-order valence-electron chi connectivity index (χ4n) is 1.51. The normalized spacial score (nSPS) is 17.1. The van der Waals surface area contributed by atoms with Crippen molar-refractivity contribution in [1.29, 1.82) is 0 Å². The maximum atomic E-state index is 5.34. The van der Waals surface area contributed by atoms with Crippen LogP contribution < -0.4 is 0 Å². The summed E-state index contributed by atoms with van der Waals surface area (Å²) < 4.78 is 13.0. The average molecular weight is 244 g/mol. The summed E-state index contributed by atoms with van der Waals surface area (Å²) in [5, 5.41) is 0. The van der Waals surface area contributed by atoms with Gasteiger partial charge in [0.2, 0.25) is 0 Å². The zero-order valence-electron chi connectivity index (χ0n) is 8.13. The number of rotatable bonds is 3. The van der Waals surface area contributed by atoms with E-state index in [2.05, 4.69) is 17.6 Å². The van der Waals surface area contributed by atoms with E-state index in [1.54, 1.807) is 17.0 Å². The van der Waals surface area contributed by atoms with E-state index >= 15 is 0 Å². The molecule has 1 saturated heterocycles. The first kappa shape index (κ1) is 11.1. The van der Waals surface area contributed by atoms with Gasteiger partial charge in [0.15, 0.2) is 6.29 Å². The Labute approximate surface area is 99.0 Å². The summed E-state index contributed by atoms with van der Waals surface area (Å²) in [6, 6.07) is 0. The highest BCUT2D eigenvalue weighted by atomic mass is 32.1. The molecule has 1 aromatic rings. The standard InChI is InChI=1S/C9H12N2O2S2/c14-9(15)11-4-3-10-7(11)1-2-8-12-5-6-13-8/h3-4,8H,1-2,5-6H2,(H,14,15). The van der Waals surface area contributed by atoms with E-state index < -0.39 is 0 Å². The molecule has 82 valence electrons. The summed E-state index contributed by atoms with van der Waals surface area (Å²) in [6.07, 6.45) is 5.00. The largest absolute Gasteiger partial charge is 0.350 e. The van der Waals surface area contributed by atoms with Crippen molar-refractivity contribution in [3.05, 3.63) is 18.2 Å². The lowest BCUT2D eigenvalue weighted by molar-refractivity contribution is -0.0465. The Morgan fingerprint density at radius 2 is 2.33 bits per heavy atom. The quantitative estimate of drug-likeness (QED) is 0.641. The van der Waals surface area contributed by atoms with Gasteiger partial charge in [-0.25, -0.2) is 4.98 Å². The van der Waals surface area contributed by atoms with Crippen molar-refractivity contribution in [2.24, 2.45) is 0 Å². The lowest BCUT2D eigenvalue weighted by Crippen LogP contribution is -2.12. The molecule has 1 aliphatic rings. The molecule has 0 aromatic carbocycles. The molecule has 0 atom stereocenters. The molecule has 0 spiro atoms. The lowest BCUT2D eigenvalue weighted by Gasteiger charge is -2.09. The third kappa shape index (κ3) is 2.78. The van der Waals surface area contributed by atoms with Crippen LogP contribution in [0.3, 0.4) is 0 Å². The number of hydrogen-bond donors (Lipinski definition) is 1. The zero-order chi connectivity index (χ0) is 10.7. The van der Waals surface area contributed by atoms with Crippen LogP contribution in [0.4, 0.5) is 0 Å². The van der Waals surface area contributed by atoms with E-state index in [9.17, 15) is 0 Å². The first-order valence-electron chi connectivity index (χ1n) is 4.76. The van der Waals surface area contributed by atoms with Gasteiger partial charge < -0.3 is 9.47 Å². The number of thiocarbonyl (C=S) groups is 1. The van der Waals surface area contributed by atoms with Gasteiger partial charge in [-0.1, -0.05) is 12.2 Å². The lowest BCUT2D eigenvalue weighted by atomic mass is 10.3. The number of nitrogens with zero attached hydrogens (tertiary/aromatic N) is 2. The number of thiol groups is 1. The molecule has 0 aliphatic carbocycles. The Balaban J connectivity index is 1.92. The summed E-state index contributed by atoms with van der Waals surface area (Å²) in [4.78, 5) is 4.21. The third-order valence-electron chi connectivity index (χ3n) is 2.22. The van der Waals surface area contributed by atoms with Gasteiger partial charge in [0.1, 0.15) is 10.1 Å². The highest BCUT2D eigenvalue weighted by Gasteiger charge is 2.16. The molecule has 0 bridgehead atoms. The Bertz CT molecular complexity index is 348. The topological polar surface area (TPSA) is 36.3 Å². The molecule has 0 amide bonds. The molecule has 2 heterocycles. The van der Waals surface area contributed by atoms with Crippen molar-refractivity contribution < 1.29 is 9.47 Å². The van der Waals surface area contributed by atoms with Crippen LogP contribution in [0.25, 0.3) is 0 Å². The maximum Gasteiger partial charge on any atom is 0.158 e. The number of aryl methyl sites for hydroxylation is 1. The van der Waals surface area contributed by atoms with Crippen LogP contribution in [0.2, 0.25) is 0 Å². The summed E-state index contributed by atoms with van der Waals surface area (Å²) in [6.45, 7) is 1.37. The van der Waals surface area contributed by atoms with Crippen LogP contribution in [-0.2, 0) is 15.9 Å². The Morgan fingerprint density at radius 3 is 3.00 bits per heavy atom. The zero-order valence-corrected chi connectivity index (χ0v) is 9.84. The molecule has 0 saturated carbocycles. The number of hydrogen-bond acceptors (Lipinski definition) is 4. The van der Waals surface area contributed by atoms with Crippen molar-refractivity contribution in [3.63, 3.8) is 0 Å². The number of ether oxygens (including phenoxy) is 2. The van der Waals surface area contributed by atoms with Gasteiger partial charge in [0.05, 0.1) is 13.2 Å². The molecular weight excluding hydrogens is 232 g/mol. The molecule has 2 rings (SSSR count). The molecule has 1 aromatic heterocycles. The Hall–Kier alpha value is -0.430. The van der Waals surface area contributed by atoms with Gasteiger partial charge in [0, 0.05) is 25.2 Å². The summed E-state index contributed by atoms with van der Waals surface area (Å²) >= 11 is 9.09. The smallest absolute Gasteiger partial charge is 0.158 e. The minimum absolute atomic E-state index is 0.0939. The second kappa shape index (κ2) is 5.07. The van der Waals surface area contributed by atoms with Crippen LogP contribution in [0, 0.1) is 0 Å². The van der Waals surface area contributed by atoms with E-state index in [4.69, 9.17) is 21.7 Å². The Morgan fingerprint density at radius 1 is 1.60 bits per heavy atom. The molecule has 1 aliphatic heterocycles. The van der Waals surface area contributed by atoms with Gasteiger partial charge in [-0.05, 0) is 0 Å². The van der Waals surface area contributed by atoms with Gasteiger partial charge in [0.25, 0.3) is 0 Å². The average Bonchev–Trinajstić information content (AvgIpc) is 2.86. The first-order chi connectivity index (χ1) is 7.27. The summed E-state index contributed by atoms with van der Waals surface area (Å²) in [7, 11) is 0. The maximum absolute atomic E-state index is 5.34. The van der Waals surface area contributed by atoms with Crippen LogP contribution in [-0.4, -0.2) is 33.4 Å². The highest BCUT2D eigenvalue weighted by molar-refractivity contribution is 8.11. The van der Waals surface area contributed by atoms with Crippen LogP contribution in [0.5, 0.6) is 0 Å². The molecule has 4 nitrogen and oxygen atoms in total. The second-order valence-electron chi connectivity index (χ2n) is 3.21. The fourth-order valence-corrected chi connectivity index (χ4v) is 1.86. The minimum Gasteiger partial charge on any atom is -0.350 e. The van der Waals surface area contributed by atoms with Gasteiger partial charge in [-0.15, -0.1) is 12.6 Å². The molecule has 0 radical (unpaired) electrons. The number of aromatic nitrogens is 2. The van der Waals surface area contributed by atoms with Crippen molar-refractivity contribution in [2.75, 3.05) is 13.2 Å². The summed E-state index contributed by atoms with van der Waals surface area (Å²) in [5.41, 5.74) is 0. The fraction of sp³-hybridized carbons (Fsp3) is 0.556. The van der Waals surface area contributed by atoms with Crippen molar-refractivity contribution in [2.45, 2.75) is 19.1 Å². The SMILES string of the molecule is S=C(S)n1ccnc1CCC1OCCO1. The van der Waals surface area contributed by atoms with Crippen molar-refractivity contribution in [1.82, 2.24) is 9.55 Å². The molecular formula is C9H12N2O2S2. The van der Waals surface area contributed by atoms with E-state index in [1.165, 1.54) is 0 Å². The van der Waals surface area contributed by atoms with Crippen molar-refractivity contribution in [3.8, 4) is 0 Å². The van der Waals surface area contributed by atoms with E-state index in [0.717, 1.165) is 18.7 Å². The first-order valence-corrected chi connectivity index (χ1v) is 5.61. The highest BCUT2D eigenvalue weighted by Crippen LogP contribution is 2.12.